The number of rotatable bonds is 3. The zero-order chi connectivity index (χ0) is 12.5. The van der Waals surface area contributed by atoms with Gasteiger partial charge in [0.25, 0.3) is 0 Å². The van der Waals surface area contributed by atoms with E-state index in [9.17, 15) is 5.11 Å². The molecule has 1 aliphatic carbocycles. The Bertz CT molecular complexity index is 362. The van der Waals surface area contributed by atoms with Crippen LogP contribution in [0.4, 0.5) is 0 Å². The van der Waals surface area contributed by atoms with Crippen molar-refractivity contribution in [2.45, 2.75) is 51.6 Å². The molecule has 0 radical (unpaired) electrons. The third-order valence-electron chi connectivity index (χ3n) is 3.90. The van der Waals surface area contributed by atoms with Crippen LogP contribution in [0.2, 0.25) is 0 Å². The molecule has 0 spiro atoms. The summed E-state index contributed by atoms with van der Waals surface area (Å²) in [5.74, 6) is 1.30. The van der Waals surface area contributed by atoms with E-state index in [2.05, 4.69) is 18.9 Å². The third kappa shape index (κ3) is 3.32. The average molecular weight is 236 g/mol. The van der Waals surface area contributed by atoms with E-state index in [4.69, 9.17) is 0 Å². The summed E-state index contributed by atoms with van der Waals surface area (Å²) in [6.45, 7) is 4.51. The molecule has 1 aromatic heterocycles. The molecule has 1 saturated carbocycles. The van der Waals surface area contributed by atoms with Gasteiger partial charge in [0.15, 0.2) is 0 Å². The van der Waals surface area contributed by atoms with Gasteiger partial charge in [0.05, 0.1) is 11.8 Å². The molecule has 3 heteroatoms. The SMILES string of the molecule is CC1CC(C)CC(O)(CCc2cnn(C)c2)C1. The molecule has 1 N–H and O–H groups in total. The van der Waals surface area contributed by atoms with Crippen LogP contribution in [0.3, 0.4) is 0 Å². The highest BCUT2D eigenvalue weighted by Gasteiger charge is 2.35. The zero-order valence-corrected chi connectivity index (χ0v) is 11.2. The summed E-state index contributed by atoms with van der Waals surface area (Å²) in [5, 5.41) is 14.8. The molecular formula is C14H24N2O. The molecule has 1 aliphatic rings. The molecule has 0 bridgehead atoms. The topological polar surface area (TPSA) is 38.1 Å². The number of hydrogen-bond acceptors (Lipinski definition) is 2. The van der Waals surface area contributed by atoms with Crippen LogP contribution in [-0.4, -0.2) is 20.5 Å². The van der Waals surface area contributed by atoms with Crippen molar-refractivity contribution < 1.29 is 5.11 Å². The van der Waals surface area contributed by atoms with E-state index in [0.29, 0.717) is 11.8 Å². The summed E-state index contributed by atoms with van der Waals surface area (Å²) in [6, 6.07) is 0. The van der Waals surface area contributed by atoms with Gasteiger partial charge >= 0.3 is 0 Å². The minimum absolute atomic E-state index is 0.451. The first-order chi connectivity index (χ1) is 7.97. The van der Waals surface area contributed by atoms with Gasteiger partial charge in [0.2, 0.25) is 0 Å². The van der Waals surface area contributed by atoms with E-state index in [0.717, 1.165) is 25.7 Å². The molecule has 0 aromatic carbocycles. The molecule has 96 valence electrons. The molecule has 2 rings (SSSR count). The van der Waals surface area contributed by atoms with Gasteiger partial charge in [0.1, 0.15) is 0 Å². The Morgan fingerprint density at radius 1 is 1.41 bits per heavy atom. The quantitative estimate of drug-likeness (QED) is 0.875. The van der Waals surface area contributed by atoms with Crippen LogP contribution in [-0.2, 0) is 13.5 Å². The first-order valence-corrected chi connectivity index (χ1v) is 6.67. The molecule has 0 amide bonds. The standard InChI is InChI=1S/C14H24N2O/c1-11-6-12(2)8-14(17,7-11)5-4-13-9-15-16(3)10-13/h9-12,17H,4-8H2,1-3H3. The van der Waals surface area contributed by atoms with Crippen LogP contribution in [0.25, 0.3) is 0 Å². The Labute approximate surface area is 104 Å². The summed E-state index contributed by atoms with van der Waals surface area (Å²) in [6.07, 6.45) is 8.92. The van der Waals surface area contributed by atoms with Gasteiger partial charge in [-0.1, -0.05) is 13.8 Å². The molecule has 2 unspecified atom stereocenters. The maximum atomic E-state index is 10.7. The van der Waals surface area contributed by atoms with Crippen molar-refractivity contribution in [3.63, 3.8) is 0 Å². The molecular weight excluding hydrogens is 212 g/mol. The second-order valence-electron chi connectivity index (χ2n) is 6.10. The van der Waals surface area contributed by atoms with Gasteiger partial charge in [-0.05, 0) is 49.5 Å². The first kappa shape index (κ1) is 12.6. The van der Waals surface area contributed by atoms with E-state index in [1.807, 2.05) is 24.1 Å². The molecule has 1 aromatic rings. The monoisotopic (exact) mass is 236 g/mol. The minimum Gasteiger partial charge on any atom is -0.390 e. The molecule has 0 saturated heterocycles. The van der Waals surface area contributed by atoms with Crippen molar-refractivity contribution in [1.82, 2.24) is 9.78 Å². The maximum absolute atomic E-state index is 10.7. The van der Waals surface area contributed by atoms with Gasteiger partial charge in [0, 0.05) is 13.2 Å². The molecule has 1 fully saturated rings. The minimum atomic E-state index is -0.451. The van der Waals surface area contributed by atoms with Gasteiger partial charge in [-0.2, -0.15) is 5.10 Å². The molecule has 17 heavy (non-hydrogen) atoms. The van der Waals surface area contributed by atoms with Crippen molar-refractivity contribution in [2.24, 2.45) is 18.9 Å². The van der Waals surface area contributed by atoms with Gasteiger partial charge in [-0.25, -0.2) is 0 Å². The summed E-state index contributed by atoms with van der Waals surface area (Å²) < 4.78 is 1.82. The third-order valence-corrected chi connectivity index (χ3v) is 3.90. The normalized spacial score (nSPS) is 33.9. The second kappa shape index (κ2) is 4.81. The molecule has 2 atom stereocenters. The highest BCUT2D eigenvalue weighted by atomic mass is 16.3. The van der Waals surface area contributed by atoms with Crippen LogP contribution in [0, 0.1) is 11.8 Å². The fraction of sp³-hybridized carbons (Fsp3) is 0.786. The molecule has 0 aliphatic heterocycles. The Kier molecular flexibility index (Phi) is 3.57. The van der Waals surface area contributed by atoms with Crippen molar-refractivity contribution in [1.29, 1.82) is 0 Å². The molecule has 1 heterocycles. The predicted molar refractivity (Wildman–Crippen MR) is 68.7 cm³/mol. The van der Waals surface area contributed by atoms with E-state index < -0.39 is 5.60 Å². The van der Waals surface area contributed by atoms with Crippen LogP contribution in [0.15, 0.2) is 12.4 Å². The van der Waals surface area contributed by atoms with Crippen LogP contribution in [0.1, 0.15) is 45.1 Å². The largest absolute Gasteiger partial charge is 0.390 e. The van der Waals surface area contributed by atoms with E-state index in [1.165, 1.54) is 12.0 Å². The predicted octanol–water partition coefficient (Wildman–Crippen LogP) is 2.54. The highest BCUT2D eigenvalue weighted by Crippen LogP contribution is 2.38. The second-order valence-corrected chi connectivity index (χ2v) is 6.10. The van der Waals surface area contributed by atoms with Gasteiger partial charge in [-0.3, -0.25) is 4.68 Å². The first-order valence-electron chi connectivity index (χ1n) is 6.67. The number of aryl methyl sites for hydroxylation is 2. The lowest BCUT2D eigenvalue weighted by Gasteiger charge is -2.39. The fourth-order valence-electron chi connectivity index (χ4n) is 3.42. The van der Waals surface area contributed by atoms with Crippen LogP contribution < -0.4 is 0 Å². The van der Waals surface area contributed by atoms with E-state index >= 15 is 0 Å². The van der Waals surface area contributed by atoms with Crippen LogP contribution >= 0.6 is 0 Å². The number of aliphatic hydroxyl groups is 1. The Morgan fingerprint density at radius 2 is 2.06 bits per heavy atom. The van der Waals surface area contributed by atoms with Crippen molar-refractivity contribution >= 4 is 0 Å². The average Bonchev–Trinajstić information content (AvgIpc) is 2.59. The summed E-state index contributed by atoms with van der Waals surface area (Å²) in [4.78, 5) is 0. The fourth-order valence-corrected chi connectivity index (χ4v) is 3.42. The lowest BCUT2D eigenvalue weighted by Crippen LogP contribution is -2.38. The highest BCUT2D eigenvalue weighted by molar-refractivity contribution is 5.05. The van der Waals surface area contributed by atoms with Crippen molar-refractivity contribution in [2.75, 3.05) is 0 Å². The summed E-state index contributed by atoms with van der Waals surface area (Å²) >= 11 is 0. The Morgan fingerprint density at radius 3 is 2.59 bits per heavy atom. The zero-order valence-electron chi connectivity index (χ0n) is 11.2. The lowest BCUT2D eigenvalue weighted by atomic mass is 9.72. The molecule has 3 nitrogen and oxygen atoms in total. The van der Waals surface area contributed by atoms with Crippen LogP contribution in [0.5, 0.6) is 0 Å². The number of aromatic nitrogens is 2. The van der Waals surface area contributed by atoms with Gasteiger partial charge in [-0.15, -0.1) is 0 Å². The van der Waals surface area contributed by atoms with Gasteiger partial charge < -0.3 is 5.11 Å². The van der Waals surface area contributed by atoms with E-state index in [-0.39, 0.29) is 0 Å². The van der Waals surface area contributed by atoms with Crippen molar-refractivity contribution in [3.05, 3.63) is 18.0 Å². The Hall–Kier alpha value is -0.830. The maximum Gasteiger partial charge on any atom is 0.0656 e. The van der Waals surface area contributed by atoms with Crippen molar-refractivity contribution in [3.8, 4) is 0 Å². The number of hydrogen-bond donors (Lipinski definition) is 1. The smallest absolute Gasteiger partial charge is 0.0656 e. The summed E-state index contributed by atoms with van der Waals surface area (Å²) in [7, 11) is 1.93. The van der Waals surface area contributed by atoms with E-state index in [1.54, 1.807) is 0 Å². The number of nitrogens with zero attached hydrogens (tertiary/aromatic N) is 2. The Balaban J connectivity index is 1.92. The lowest BCUT2D eigenvalue weighted by molar-refractivity contribution is -0.0372. The summed E-state index contributed by atoms with van der Waals surface area (Å²) in [5.41, 5.74) is 0.777.